The summed E-state index contributed by atoms with van der Waals surface area (Å²) in [6.07, 6.45) is 11.6. The Morgan fingerprint density at radius 2 is 2.08 bits per heavy atom. The fourth-order valence-electron chi connectivity index (χ4n) is 1.98. The Balaban J connectivity index is 1.72. The molecule has 13 heavy (non-hydrogen) atoms. The molecule has 0 aromatic carbocycles. The highest BCUT2D eigenvalue weighted by Gasteiger charge is 2.09. The minimum absolute atomic E-state index is 1.17. The SMILES string of the molecule is C1=CC=CC=1CCN1CCCCC1. The number of nitrogens with zero attached hydrogens (tertiary/aromatic N) is 1. The third kappa shape index (κ3) is 2.58. The lowest BCUT2D eigenvalue weighted by molar-refractivity contribution is 0.232. The molecule has 2 aliphatic rings. The second-order valence-corrected chi connectivity index (χ2v) is 3.85. The molecule has 0 radical (unpaired) electrons. The fraction of sp³-hybridized carbons (Fsp3) is 0.583. The van der Waals surface area contributed by atoms with E-state index in [9.17, 15) is 0 Å². The van der Waals surface area contributed by atoms with Crippen molar-refractivity contribution in [1.29, 1.82) is 0 Å². The molecule has 0 spiro atoms. The van der Waals surface area contributed by atoms with Crippen molar-refractivity contribution in [2.45, 2.75) is 25.7 Å². The van der Waals surface area contributed by atoms with E-state index in [1.165, 1.54) is 50.9 Å². The smallest absolute Gasteiger partial charge is 0.00279 e. The van der Waals surface area contributed by atoms with E-state index in [1.54, 1.807) is 0 Å². The van der Waals surface area contributed by atoms with Crippen molar-refractivity contribution in [1.82, 2.24) is 4.90 Å². The lowest BCUT2D eigenvalue weighted by Crippen LogP contribution is -2.30. The standard InChI is InChI=1S/C12H17N/c1-4-9-13(10-5-1)11-8-12-6-2-3-7-12/h2-3,6H,1,4-5,8-11H2. The zero-order chi connectivity index (χ0) is 8.93. The molecule has 0 N–H and O–H groups in total. The molecule has 1 aliphatic carbocycles. The topological polar surface area (TPSA) is 3.24 Å². The summed E-state index contributed by atoms with van der Waals surface area (Å²) in [7, 11) is 0. The van der Waals surface area contributed by atoms with Gasteiger partial charge in [0, 0.05) is 6.54 Å². The van der Waals surface area contributed by atoms with Crippen molar-refractivity contribution in [3.8, 4) is 0 Å². The third-order valence-electron chi connectivity index (χ3n) is 2.81. The van der Waals surface area contributed by atoms with Gasteiger partial charge in [-0.2, -0.15) is 0 Å². The molecule has 1 saturated heterocycles. The van der Waals surface area contributed by atoms with Crippen LogP contribution in [-0.2, 0) is 0 Å². The Labute approximate surface area is 80.4 Å². The molecule has 2 rings (SSSR count). The molecule has 0 saturated carbocycles. The van der Waals surface area contributed by atoms with Gasteiger partial charge in [-0.15, -0.1) is 5.73 Å². The van der Waals surface area contributed by atoms with Crippen molar-refractivity contribution in [2.24, 2.45) is 0 Å². The van der Waals surface area contributed by atoms with Crippen LogP contribution in [-0.4, -0.2) is 24.5 Å². The molecule has 1 fully saturated rings. The number of hydrogen-bond donors (Lipinski definition) is 0. The average molecular weight is 175 g/mol. The van der Waals surface area contributed by atoms with E-state index in [2.05, 4.69) is 22.8 Å². The molecule has 0 aromatic heterocycles. The van der Waals surface area contributed by atoms with E-state index in [0.29, 0.717) is 0 Å². The van der Waals surface area contributed by atoms with Gasteiger partial charge >= 0.3 is 0 Å². The van der Waals surface area contributed by atoms with Crippen LogP contribution in [0, 0.1) is 0 Å². The molecule has 1 nitrogen and oxygen atoms in total. The molecular weight excluding hydrogens is 158 g/mol. The van der Waals surface area contributed by atoms with Crippen LogP contribution in [0.1, 0.15) is 25.7 Å². The summed E-state index contributed by atoms with van der Waals surface area (Å²) in [6, 6.07) is 0. The molecule has 1 heterocycles. The number of likely N-dealkylation sites (tertiary alicyclic amines) is 1. The Hall–Kier alpha value is -0.780. The van der Waals surface area contributed by atoms with Crippen LogP contribution in [0.2, 0.25) is 0 Å². The predicted octanol–water partition coefficient (Wildman–Crippen LogP) is 2.51. The van der Waals surface area contributed by atoms with E-state index in [0.717, 1.165) is 0 Å². The minimum Gasteiger partial charge on any atom is -0.303 e. The Kier molecular flexibility index (Phi) is 3.02. The van der Waals surface area contributed by atoms with Crippen molar-refractivity contribution in [3.63, 3.8) is 0 Å². The first kappa shape index (κ1) is 8.80. The number of hydrogen-bond acceptors (Lipinski definition) is 1. The quantitative estimate of drug-likeness (QED) is 0.596. The number of allylic oxidation sites excluding steroid dienone is 2. The molecular formula is C12H17N. The first-order valence-electron chi connectivity index (χ1n) is 5.30. The van der Waals surface area contributed by atoms with Gasteiger partial charge in [0.15, 0.2) is 0 Å². The molecule has 1 aliphatic heterocycles. The van der Waals surface area contributed by atoms with Crippen LogP contribution in [0.5, 0.6) is 0 Å². The fourth-order valence-corrected chi connectivity index (χ4v) is 1.98. The summed E-state index contributed by atoms with van der Waals surface area (Å²) in [5.74, 6) is 0. The number of rotatable bonds is 3. The van der Waals surface area contributed by atoms with Gasteiger partial charge in [-0.3, -0.25) is 0 Å². The molecule has 70 valence electrons. The second kappa shape index (κ2) is 4.45. The van der Waals surface area contributed by atoms with Gasteiger partial charge in [0.2, 0.25) is 0 Å². The zero-order valence-corrected chi connectivity index (χ0v) is 8.13. The summed E-state index contributed by atoms with van der Waals surface area (Å²) >= 11 is 0. The molecule has 0 amide bonds. The molecule has 0 atom stereocenters. The minimum atomic E-state index is 1.17. The summed E-state index contributed by atoms with van der Waals surface area (Å²) < 4.78 is 0. The van der Waals surface area contributed by atoms with Gasteiger partial charge in [0.1, 0.15) is 0 Å². The van der Waals surface area contributed by atoms with Crippen molar-refractivity contribution < 1.29 is 0 Å². The summed E-state index contributed by atoms with van der Waals surface area (Å²) in [4.78, 5) is 2.57. The lowest BCUT2D eigenvalue weighted by Gasteiger charge is -2.26. The van der Waals surface area contributed by atoms with Crippen LogP contribution >= 0.6 is 0 Å². The lowest BCUT2D eigenvalue weighted by atomic mass is 10.1. The Bertz CT molecular complexity index is 250. The van der Waals surface area contributed by atoms with Gasteiger partial charge in [-0.25, -0.2) is 0 Å². The Morgan fingerprint density at radius 1 is 1.23 bits per heavy atom. The highest BCUT2D eigenvalue weighted by molar-refractivity contribution is 5.28. The second-order valence-electron chi connectivity index (χ2n) is 3.85. The Morgan fingerprint density at radius 3 is 2.77 bits per heavy atom. The molecule has 0 aromatic rings. The maximum atomic E-state index is 3.25. The van der Waals surface area contributed by atoms with E-state index in [4.69, 9.17) is 0 Å². The van der Waals surface area contributed by atoms with Crippen LogP contribution in [0.4, 0.5) is 0 Å². The molecule has 0 unspecified atom stereocenters. The molecule has 1 heteroatoms. The van der Waals surface area contributed by atoms with Gasteiger partial charge in [0.05, 0.1) is 0 Å². The predicted molar refractivity (Wildman–Crippen MR) is 55.6 cm³/mol. The van der Waals surface area contributed by atoms with E-state index >= 15 is 0 Å². The maximum absolute atomic E-state index is 3.25. The maximum Gasteiger partial charge on any atom is 0.00279 e. The summed E-state index contributed by atoms with van der Waals surface area (Å²) in [5.41, 5.74) is 4.62. The van der Waals surface area contributed by atoms with E-state index in [1.807, 2.05) is 6.08 Å². The van der Waals surface area contributed by atoms with E-state index < -0.39 is 0 Å². The summed E-state index contributed by atoms with van der Waals surface area (Å²) in [5, 5.41) is 0. The monoisotopic (exact) mass is 175 g/mol. The largest absolute Gasteiger partial charge is 0.303 e. The highest BCUT2D eigenvalue weighted by Crippen LogP contribution is 2.12. The van der Waals surface area contributed by atoms with Crippen molar-refractivity contribution in [3.05, 3.63) is 29.5 Å². The highest BCUT2D eigenvalue weighted by atomic mass is 15.1. The van der Waals surface area contributed by atoms with Gasteiger partial charge in [-0.1, -0.05) is 18.6 Å². The number of piperidine rings is 1. The van der Waals surface area contributed by atoms with Crippen LogP contribution in [0.25, 0.3) is 0 Å². The van der Waals surface area contributed by atoms with Crippen LogP contribution < -0.4 is 0 Å². The van der Waals surface area contributed by atoms with E-state index in [-0.39, 0.29) is 0 Å². The van der Waals surface area contributed by atoms with Crippen molar-refractivity contribution in [2.75, 3.05) is 19.6 Å². The average Bonchev–Trinajstić information content (AvgIpc) is 2.69. The van der Waals surface area contributed by atoms with Crippen molar-refractivity contribution >= 4 is 0 Å². The third-order valence-corrected chi connectivity index (χ3v) is 2.81. The first-order valence-corrected chi connectivity index (χ1v) is 5.30. The zero-order valence-electron chi connectivity index (χ0n) is 8.13. The van der Waals surface area contributed by atoms with Gasteiger partial charge in [-0.05, 0) is 44.0 Å². The van der Waals surface area contributed by atoms with Gasteiger partial charge < -0.3 is 4.90 Å². The normalized spacial score (nSPS) is 22.3. The summed E-state index contributed by atoms with van der Waals surface area (Å²) in [6.45, 7) is 3.84. The first-order chi connectivity index (χ1) is 6.45. The molecule has 0 bridgehead atoms. The van der Waals surface area contributed by atoms with Gasteiger partial charge in [0.25, 0.3) is 0 Å². The van der Waals surface area contributed by atoms with Crippen LogP contribution in [0.3, 0.4) is 0 Å². The van der Waals surface area contributed by atoms with Crippen LogP contribution in [0.15, 0.2) is 29.5 Å².